The minimum Gasteiger partial charge on any atom is -0.270 e. The van der Waals surface area contributed by atoms with E-state index in [1.165, 1.54) is 5.57 Å². The molecular weight excluding hydrogens is 225 g/mol. The van der Waals surface area contributed by atoms with E-state index in [2.05, 4.69) is 25.2 Å². The van der Waals surface area contributed by atoms with Crippen LogP contribution in [0.3, 0.4) is 0 Å². The molecule has 0 aromatic carbocycles. The van der Waals surface area contributed by atoms with E-state index in [1.807, 2.05) is 0 Å². The van der Waals surface area contributed by atoms with Gasteiger partial charge in [0.05, 0.1) is 0 Å². The molecular formula is C7H9Pr-. The van der Waals surface area contributed by atoms with Crippen LogP contribution in [0, 0.1) is 47.4 Å². The summed E-state index contributed by atoms with van der Waals surface area (Å²) in [6, 6.07) is 0. The average Bonchev–Trinajstić information content (AvgIpc) is 2.14. The molecule has 1 heteroatoms. The van der Waals surface area contributed by atoms with Gasteiger partial charge in [-0.3, -0.25) is 6.08 Å². The van der Waals surface area contributed by atoms with Crippen LogP contribution < -0.4 is 0 Å². The van der Waals surface area contributed by atoms with Gasteiger partial charge >= 0.3 is 0 Å². The maximum absolute atomic E-state index is 3.21. The minimum absolute atomic E-state index is 0. The van der Waals surface area contributed by atoms with Crippen molar-refractivity contribution < 1.29 is 41.3 Å². The van der Waals surface area contributed by atoms with E-state index in [4.69, 9.17) is 0 Å². The van der Waals surface area contributed by atoms with Crippen LogP contribution in [0.1, 0.15) is 19.8 Å². The van der Waals surface area contributed by atoms with Gasteiger partial charge in [-0.1, -0.05) is 13.3 Å². The van der Waals surface area contributed by atoms with Crippen molar-refractivity contribution in [2.24, 2.45) is 0 Å². The molecule has 0 saturated heterocycles. The number of allylic oxidation sites excluding steroid dienone is 4. The van der Waals surface area contributed by atoms with Crippen molar-refractivity contribution in [2.75, 3.05) is 0 Å². The molecule has 0 aliphatic heterocycles. The Balaban J connectivity index is 0.000000490. The fourth-order valence-corrected chi connectivity index (χ4v) is 0.693. The van der Waals surface area contributed by atoms with E-state index < -0.39 is 0 Å². The molecule has 41 valence electrons. The SMILES string of the molecule is CCC1=[C-]CC=C1.[Pr]. The maximum atomic E-state index is 3.21. The fourth-order valence-electron chi connectivity index (χ4n) is 0.693. The molecule has 1 rings (SSSR count). The smallest absolute Gasteiger partial charge is 0 e. The second kappa shape index (κ2) is 4.70. The molecule has 0 nitrogen and oxygen atoms in total. The molecule has 0 N–H and O–H groups in total. The summed E-state index contributed by atoms with van der Waals surface area (Å²) in [7, 11) is 0. The van der Waals surface area contributed by atoms with E-state index in [1.54, 1.807) is 0 Å². The summed E-state index contributed by atoms with van der Waals surface area (Å²) in [5.41, 5.74) is 1.36. The maximum Gasteiger partial charge on any atom is 0 e. The standard InChI is InChI=1S/C7H9.Pr/c1-2-7-5-3-4-6-7;/h3,5H,2,4H2,1H3;/q-1;. The van der Waals surface area contributed by atoms with Crippen LogP contribution in [0.2, 0.25) is 0 Å². The van der Waals surface area contributed by atoms with E-state index in [0.29, 0.717) is 0 Å². The molecule has 0 fully saturated rings. The first-order valence-electron chi connectivity index (χ1n) is 2.69. The van der Waals surface area contributed by atoms with E-state index >= 15 is 0 Å². The molecule has 0 aromatic rings. The summed E-state index contributed by atoms with van der Waals surface area (Å²) in [5, 5.41) is 0. The molecule has 1 aliphatic rings. The summed E-state index contributed by atoms with van der Waals surface area (Å²) < 4.78 is 0. The summed E-state index contributed by atoms with van der Waals surface area (Å²) in [5.74, 6) is 0. The van der Waals surface area contributed by atoms with Gasteiger partial charge in [0.2, 0.25) is 0 Å². The second-order valence-electron chi connectivity index (χ2n) is 1.66. The Labute approximate surface area is 84.0 Å². The third-order valence-electron chi connectivity index (χ3n) is 1.15. The predicted octanol–water partition coefficient (Wildman–Crippen LogP) is 2.09. The van der Waals surface area contributed by atoms with Gasteiger partial charge in [-0.2, -0.15) is 6.08 Å². The van der Waals surface area contributed by atoms with Crippen molar-refractivity contribution in [2.45, 2.75) is 19.8 Å². The quantitative estimate of drug-likeness (QED) is 0.609. The molecule has 0 atom stereocenters. The third kappa shape index (κ3) is 2.41. The van der Waals surface area contributed by atoms with Gasteiger partial charge in [-0.15, -0.1) is 6.42 Å². The van der Waals surface area contributed by atoms with E-state index in [-0.39, 0.29) is 41.3 Å². The molecule has 0 heterocycles. The van der Waals surface area contributed by atoms with E-state index in [9.17, 15) is 0 Å². The van der Waals surface area contributed by atoms with Crippen molar-refractivity contribution in [1.29, 1.82) is 0 Å². The van der Waals surface area contributed by atoms with Crippen LogP contribution in [0.25, 0.3) is 0 Å². The van der Waals surface area contributed by atoms with Crippen LogP contribution in [-0.4, -0.2) is 0 Å². The molecule has 0 aromatic heterocycles. The van der Waals surface area contributed by atoms with Crippen molar-refractivity contribution in [1.82, 2.24) is 0 Å². The van der Waals surface area contributed by atoms with Gasteiger partial charge in [-0.25, -0.2) is 11.6 Å². The molecule has 1 radical (unpaired) electrons. The van der Waals surface area contributed by atoms with Gasteiger partial charge in [0.25, 0.3) is 0 Å². The predicted molar refractivity (Wildman–Crippen MR) is 30.8 cm³/mol. The van der Waals surface area contributed by atoms with Crippen molar-refractivity contribution in [3.8, 4) is 0 Å². The molecule has 8 heavy (non-hydrogen) atoms. The molecule has 1 aliphatic carbocycles. The zero-order chi connectivity index (χ0) is 5.11. The zero-order valence-corrected chi connectivity index (χ0v) is 8.85. The Bertz CT molecular complexity index is 112. The fraction of sp³-hybridized carbons (Fsp3) is 0.429. The zero-order valence-electron chi connectivity index (χ0n) is 5.15. The van der Waals surface area contributed by atoms with Gasteiger partial charge in [0.15, 0.2) is 0 Å². The Kier molecular flexibility index (Phi) is 5.19. The van der Waals surface area contributed by atoms with Crippen molar-refractivity contribution >= 4 is 0 Å². The Morgan fingerprint density at radius 2 is 2.50 bits per heavy atom. The topological polar surface area (TPSA) is 0 Å². The van der Waals surface area contributed by atoms with Crippen LogP contribution in [-0.2, 0) is 0 Å². The molecule has 0 spiro atoms. The van der Waals surface area contributed by atoms with Crippen LogP contribution in [0.5, 0.6) is 0 Å². The molecule has 0 bridgehead atoms. The molecule has 0 saturated carbocycles. The van der Waals surface area contributed by atoms with Gasteiger partial charge in [0.1, 0.15) is 0 Å². The first-order valence-corrected chi connectivity index (χ1v) is 2.69. The number of rotatable bonds is 1. The van der Waals surface area contributed by atoms with Crippen LogP contribution in [0.15, 0.2) is 17.7 Å². The third-order valence-corrected chi connectivity index (χ3v) is 1.15. The summed E-state index contributed by atoms with van der Waals surface area (Å²) in [6.07, 6.45) is 9.65. The van der Waals surface area contributed by atoms with Gasteiger partial charge < -0.3 is 0 Å². The average molecular weight is 234 g/mol. The number of hydrogen-bond donors (Lipinski definition) is 0. The van der Waals surface area contributed by atoms with Gasteiger partial charge in [0, 0.05) is 41.3 Å². The Hall–Kier alpha value is 0.844. The summed E-state index contributed by atoms with van der Waals surface area (Å²) >= 11 is 0. The van der Waals surface area contributed by atoms with E-state index in [0.717, 1.165) is 12.8 Å². The van der Waals surface area contributed by atoms with Crippen LogP contribution in [0.4, 0.5) is 0 Å². The first kappa shape index (κ1) is 8.84. The largest absolute Gasteiger partial charge is 0.270 e. The second-order valence-corrected chi connectivity index (χ2v) is 1.66. The van der Waals surface area contributed by atoms with Crippen molar-refractivity contribution in [3.63, 3.8) is 0 Å². The first-order chi connectivity index (χ1) is 3.43. The molecule has 0 amide bonds. The number of hydrogen-bond acceptors (Lipinski definition) is 0. The monoisotopic (exact) mass is 234 g/mol. The summed E-state index contributed by atoms with van der Waals surface area (Å²) in [4.78, 5) is 0. The minimum atomic E-state index is 0. The summed E-state index contributed by atoms with van der Waals surface area (Å²) in [6.45, 7) is 2.15. The normalized spacial score (nSPS) is 15.4. The molecule has 0 unspecified atom stereocenters. The van der Waals surface area contributed by atoms with Crippen molar-refractivity contribution in [3.05, 3.63) is 23.8 Å². The Morgan fingerprint density at radius 3 is 2.75 bits per heavy atom. The van der Waals surface area contributed by atoms with Gasteiger partial charge in [-0.05, 0) is 0 Å². The van der Waals surface area contributed by atoms with Crippen LogP contribution >= 0.6 is 0 Å². The Morgan fingerprint density at radius 1 is 1.75 bits per heavy atom.